The predicted octanol–water partition coefficient (Wildman–Crippen LogP) is 2.77. The second kappa shape index (κ2) is 6.33. The first-order valence-corrected chi connectivity index (χ1v) is 8.61. The number of H-pyrrole nitrogens is 1. The summed E-state index contributed by atoms with van der Waals surface area (Å²) in [7, 11) is 0. The molecule has 3 aromatic rings. The van der Waals surface area contributed by atoms with Gasteiger partial charge in [0.05, 0.1) is 5.60 Å². The Balaban J connectivity index is 1.43. The first kappa shape index (κ1) is 15.8. The SMILES string of the molecule is O=C(c1ccc2[nH]ccc2c1)N1CCC(O)(Cc2ccncc2)CC1. The lowest BCUT2D eigenvalue weighted by atomic mass is 9.85. The van der Waals surface area contributed by atoms with E-state index in [-0.39, 0.29) is 5.91 Å². The highest BCUT2D eigenvalue weighted by Crippen LogP contribution is 2.27. The van der Waals surface area contributed by atoms with Crippen LogP contribution in [0.1, 0.15) is 28.8 Å². The third kappa shape index (κ3) is 3.28. The first-order chi connectivity index (χ1) is 12.1. The Kier molecular flexibility index (Phi) is 4.01. The van der Waals surface area contributed by atoms with Gasteiger partial charge in [-0.2, -0.15) is 0 Å². The summed E-state index contributed by atoms with van der Waals surface area (Å²) in [6, 6.07) is 11.6. The number of piperidine rings is 1. The number of aromatic amines is 1. The van der Waals surface area contributed by atoms with Crippen molar-refractivity contribution in [2.75, 3.05) is 13.1 Å². The summed E-state index contributed by atoms with van der Waals surface area (Å²) in [5, 5.41) is 11.9. The molecule has 1 aromatic carbocycles. The van der Waals surface area contributed by atoms with E-state index in [4.69, 9.17) is 0 Å². The van der Waals surface area contributed by atoms with Gasteiger partial charge in [-0.3, -0.25) is 9.78 Å². The van der Waals surface area contributed by atoms with E-state index >= 15 is 0 Å². The molecule has 0 spiro atoms. The van der Waals surface area contributed by atoms with Gasteiger partial charge >= 0.3 is 0 Å². The molecule has 0 unspecified atom stereocenters. The van der Waals surface area contributed by atoms with Gasteiger partial charge in [0.1, 0.15) is 0 Å². The summed E-state index contributed by atoms with van der Waals surface area (Å²) < 4.78 is 0. The number of fused-ring (bicyclic) bond motifs is 1. The van der Waals surface area contributed by atoms with Crippen LogP contribution >= 0.6 is 0 Å². The van der Waals surface area contributed by atoms with Crippen molar-refractivity contribution in [3.05, 3.63) is 66.1 Å². The minimum atomic E-state index is -0.747. The fraction of sp³-hybridized carbons (Fsp3) is 0.300. The van der Waals surface area contributed by atoms with Gasteiger partial charge in [-0.25, -0.2) is 0 Å². The van der Waals surface area contributed by atoms with E-state index in [9.17, 15) is 9.90 Å². The number of amides is 1. The molecule has 0 bridgehead atoms. The maximum absolute atomic E-state index is 12.8. The van der Waals surface area contributed by atoms with Crippen LogP contribution in [0, 0.1) is 0 Å². The van der Waals surface area contributed by atoms with Crippen molar-refractivity contribution in [3.8, 4) is 0 Å². The second-order valence-electron chi connectivity index (χ2n) is 6.83. The standard InChI is InChI=1S/C20H21N3O2/c24-19(17-1-2-18-16(13-17)5-10-22-18)23-11-6-20(25,7-12-23)14-15-3-8-21-9-4-15/h1-5,8-10,13,22,25H,6-7,11-12,14H2. The molecule has 2 aromatic heterocycles. The van der Waals surface area contributed by atoms with Crippen LogP contribution in [-0.2, 0) is 6.42 Å². The molecule has 25 heavy (non-hydrogen) atoms. The van der Waals surface area contributed by atoms with E-state index in [0.29, 0.717) is 37.9 Å². The van der Waals surface area contributed by atoms with E-state index < -0.39 is 5.60 Å². The monoisotopic (exact) mass is 335 g/mol. The molecule has 1 fully saturated rings. The van der Waals surface area contributed by atoms with Crippen molar-refractivity contribution in [1.29, 1.82) is 0 Å². The fourth-order valence-electron chi connectivity index (χ4n) is 3.55. The van der Waals surface area contributed by atoms with E-state index in [0.717, 1.165) is 16.5 Å². The zero-order valence-corrected chi connectivity index (χ0v) is 14.0. The molecule has 3 heterocycles. The van der Waals surface area contributed by atoms with Gasteiger partial charge in [0.25, 0.3) is 5.91 Å². The lowest BCUT2D eigenvalue weighted by molar-refractivity contribution is -0.0162. The van der Waals surface area contributed by atoms with Crippen LogP contribution in [0.4, 0.5) is 0 Å². The molecular formula is C20H21N3O2. The number of pyridine rings is 1. The Morgan fingerprint density at radius 3 is 2.68 bits per heavy atom. The molecule has 1 saturated heterocycles. The largest absolute Gasteiger partial charge is 0.389 e. The highest BCUT2D eigenvalue weighted by molar-refractivity contribution is 5.98. The molecule has 2 N–H and O–H groups in total. The summed E-state index contributed by atoms with van der Waals surface area (Å²) >= 11 is 0. The Labute approximate surface area is 146 Å². The number of carbonyl (C=O) groups is 1. The van der Waals surface area contributed by atoms with Crippen LogP contribution in [0.3, 0.4) is 0 Å². The van der Waals surface area contributed by atoms with Gasteiger partial charge in [-0.1, -0.05) is 0 Å². The summed E-state index contributed by atoms with van der Waals surface area (Å²) in [5.74, 6) is 0.0362. The maximum atomic E-state index is 12.8. The minimum absolute atomic E-state index is 0.0362. The third-order valence-corrected chi connectivity index (χ3v) is 5.06. The third-order valence-electron chi connectivity index (χ3n) is 5.06. The second-order valence-corrected chi connectivity index (χ2v) is 6.83. The van der Waals surface area contributed by atoms with Crippen molar-refractivity contribution in [1.82, 2.24) is 14.9 Å². The van der Waals surface area contributed by atoms with Crippen LogP contribution in [0.15, 0.2) is 55.0 Å². The van der Waals surface area contributed by atoms with Gasteiger partial charge in [0.15, 0.2) is 0 Å². The van der Waals surface area contributed by atoms with Crippen LogP contribution in [-0.4, -0.2) is 44.6 Å². The van der Waals surface area contributed by atoms with Gasteiger partial charge in [-0.15, -0.1) is 0 Å². The van der Waals surface area contributed by atoms with E-state index in [1.807, 2.05) is 47.5 Å². The quantitative estimate of drug-likeness (QED) is 0.773. The molecular weight excluding hydrogens is 314 g/mol. The van der Waals surface area contributed by atoms with Gasteiger partial charge in [0.2, 0.25) is 0 Å². The number of carbonyl (C=O) groups excluding carboxylic acids is 1. The molecule has 0 radical (unpaired) electrons. The molecule has 0 atom stereocenters. The number of hydrogen-bond acceptors (Lipinski definition) is 3. The number of rotatable bonds is 3. The molecule has 0 saturated carbocycles. The number of aromatic nitrogens is 2. The van der Waals surface area contributed by atoms with Crippen molar-refractivity contribution in [3.63, 3.8) is 0 Å². The fourth-order valence-corrected chi connectivity index (χ4v) is 3.55. The lowest BCUT2D eigenvalue weighted by Crippen LogP contribution is -2.47. The average molecular weight is 335 g/mol. The summed E-state index contributed by atoms with van der Waals surface area (Å²) in [5.41, 5.74) is 2.06. The van der Waals surface area contributed by atoms with E-state index in [2.05, 4.69) is 9.97 Å². The lowest BCUT2D eigenvalue weighted by Gasteiger charge is -2.38. The van der Waals surface area contributed by atoms with Crippen molar-refractivity contribution >= 4 is 16.8 Å². The van der Waals surface area contributed by atoms with E-state index in [1.165, 1.54) is 0 Å². The maximum Gasteiger partial charge on any atom is 0.253 e. The summed E-state index contributed by atoms with van der Waals surface area (Å²) in [6.45, 7) is 1.15. The number of nitrogens with zero attached hydrogens (tertiary/aromatic N) is 2. The van der Waals surface area contributed by atoms with Crippen LogP contribution < -0.4 is 0 Å². The first-order valence-electron chi connectivity index (χ1n) is 8.61. The molecule has 5 heteroatoms. The molecule has 0 aliphatic carbocycles. The molecule has 1 aliphatic heterocycles. The Morgan fingerprint density at radius 2 is 1.92 bits per heavy atom. The molecule has 128 valence electrons. The number of likely N-dealkylation sites (tertiary alicyclic amines) is 1. The highest BCUT2D eigenvalue weighted by Gasteiger charge is 2.34. The number of hydrogen-bond donors (Lipinski definition) is 2. The zero-order valence-electron chi connectivity index (χ0n) is 14.0. The minimum Gasteiger partial charge on any atom is -0.389 e. The average Bonchev–Trinajstić information content (AvgIpc) is 3.10. The summed E-state index contributed by atoms with van der Waals surface area (Å²) in [6.07, 6.45) is 7.15. The van der Waals surface area contributed by atoms with E-state index in [1.54, 1.807) is 12.4 Å². The van der Waals surface area contributed by atoms with Gasteiger partial charge in [0, 0.05) is 54.6 Å². The van der Waals surface area contributed by atoms with Crippen molar-refractivity contribution in [2.24, 2.45) is 0 Å². The molecule has 1 amide bonds. The normalized spacial score (nSPS) is 16.9. The Bertz CT molecular complexity index is 880. The Hall–Kier alpha value is -2.66. The van der Waals surface area contributed by atoms with Crippen molar-refractivity contribution < 1.29 is 9.90 Å². The van der Waals surface area contributed by atoms with Gasteiger partial charge < -0.3 is 15.0 Å². The highest BCUT2D eigenvalue weighted by atomic mass is 16.3. The number of nitrogens with one attached hydrogen (secondary N) is 1. The molecule has 4 rings (SSSR count). The predicted molar refractivity (Wildman–Crippen MR) is 96.3 cm³/mol. The summed E-state index contributed by atoms with van der Waals surface area (Å²) in [4.78, 5) is 21.8. The molecule has 1 aliphatic rings. The van der Waals surface area contributed by atoms with Crippen LogP contribution in [0.5, 0.6) is 0 Å². The Morgan fingerprint density at radius 1 is 1.16 bits per heavy atom. The van der Waals surface area contributed by atoms with Crippen LogP contribution in [0.25, 0.3) is 10.9 Å². The topological polar surface area (TPSA) is 69.2 Å². The van der Waals surface area contributed by atoms with Crippen LogP contribution in [0.2, 0.25) is 0 Å². The number of benzene rings is 1. The molecule has 5 nitrogen and oxygen atoms in total. The number of aliphatic hydroxyl groups is 1. The smallest absolute Gasteiger partial charge is 0.253 e. The van der Waals surface area contributed by atoms with Crippen molar-refractivity contribution in [2.45, 2.75) is 24.9 Å². The zero-order chi connectivity index (χ0) is 17.3. The van der Waals surface area contributed by atoms with Gasteiger partial charge in [-0.05, 0) is 54.8 Å².